The van der Waals surface area contributed by atoms with Gasteiger partial charge in [0.1, 0.15) is 17.2 Å². The number of aryl methyl sites for hydroxylation is 4. The minimum Gasteiger partial charge on any atom is -0.496 e. The summed E-state index contributed by atoms with van der Waals surface area (Å²) in [6.07, 6.45) is 2.51. The number of fused-ring (bicyclic) bond motifs is 7. The van der Waals surface area contributed by atoms with E-state index in [0.29, 0.717) is 122 Å². The number of hydrogen-bond donors (Lipinski definition) is 1. The smallest absolute Gasteiger partial charge is 0.291 e. The predicted octanol–water partition coefficient (Wildman–Crippen LogP) is 5.76. The molecule has 0 spiro atoms. The Kier molecular flexibility index (Phi) is 10.7. The summed E-state index contributed by atoms with van der Waals surface area (Å²) in [5.41, 5.74) is 4.00. The molecule has 4 heterocycles. The van der Waals surface area contributed by atoms with Gasteiger partial charge in [-0.15, -0.1) is 11.3 Å². The van der Waals surface area contributed by atoms with Crippen LogP contribution in [0.25, 0.3) is 11.1 Å². The molecule has 2 aromatic heterocycles. The van der Waals surface area contributed by atoms with Gasteiger partial charge >= 0.3 is 0 Å². The second-order valence-corrected chi connectivity index (χ2v) is 13.6. The number of carbonyl (C=O) groups excluding carboxylic acids is 3. The van der Waals surface area contributed by atoms with E-state index < -0.39 is 0 Å². The lowest BCUT2D eigenvalue weighted by atomic mass is 9.98. The van der Waals surface area contributed by atoms with Crippen molar-refractivity contribution in [2.45, 2.75) is 59.9 Å². The largest absolute Gasteiger partial charge is 0.496 e. The second-order valence-electron chi connectivity index (χ2n) is 12.4. The van der Waals surface area contributed by atoms with Gasteiger partial charge in [0.2, 0.25) is 5.76 Å². The molecule has 13 heteroatoms. The summed E-state index contributed by atoms with van der Waals surface area (Å²) < 4.78 is 24.2. The number of methoxy groups -OCH3 is 1. The number of benzene rings is 2. The Morgan fingerprint density at radius 3 is 2.48 bits per heavy atom. The molecule has 0 radical (unpaired) electrons. The highest BCUT2D eigenvalue weighted by atomic mass is 32.1. The standard InChI is InChI=1S/C37H43N5O7S/c1-6-31-40-22(2)32(49-31)36(44)41-13-7-8-16-47-30-20-26(28-19-25(10-11-29(28)46-5)35(43)38-12-9-14-41)18-27-21-42(15-17-48-33(27)30)37(45)34-23(3)39-24(4)50-34/h10-11,18-20H,6-9,12-17,21H2,1-5H3,(H,38,43). The van der Waals surface area contributed by atoms with Gasteiger partial charge < -0.3 is 33.7 Å². The van der Waals surface area contributed by atoms with Gasteiger partial charge in [0, 0.05) is 49.3 Å². The summed E-state index contributed by atoms with van der Waals surface area (Å²) in [5, 5.41) is 3.85. The highest BCUT2D eigenvalue weighted by Crippen LogP contribution is 2.41. The average Bonchev–Trinajstić information content (AvgIpc) is 3.58. The zero-order valence-corrected chi connectivity index (χ0v) is 30.0. The van der Waals surface area contributed by atoms with Crippen molar-refractivity contribution in [2.75, 3.05) is 46.5 Å². The molecule has 264 valence electrons. The summed E-state index contributed by atoms with van der Waals surface area (Å²) in [5.74, 6) is 1.94. The van der Waals surface area contributed by atoms with E-state index in [0.717, 1.165) is 16.1 Å². The highest BCUT2D eigenvalue weighted by molar-refractivity contribution is 7.13. The molecule has 2 aliphatic heterocycles. The van der Waals surface area contributed by atoms with E-state index in [4.69, 9.17) is 18.6 Å². The zero-order valence-electron chi connectivity index (χ0n) is 29.2. The minimum atomic E-state index is -0.240. The third kappa shape index (κ3) is 7.47. The van der Waals surface area contributed by atoms with Gasteiger partial charge in [-0.25, -0.2) is 9.97 Å². The summed E-state index contributed by atoms with van der Waals surface area (Å²) in [6.45, 7) is 10.1. The van der Waals surface area contributed by atoms with Crippen molar-refractivity contribution in [3.05, 3.63) is 74.4 Å². The van der Waals surface area contributed by atoms with Crippen LogP contribution in [0.4, 0.5) is 0 Å². The molecule has 3 amide bonds. The summed E-state index contributed by atoms with van der Waals surface area (Å²) in [4.78, 5) is 53.7. The van der Waals surface area contributed by atoms with Gasteiger partial charge in [-0.05, 0) is 75.9 Å². The van der Waals surface area contributed by atoms with E-state index in [1.807, 2.05) is 32.9 Å². The monoisotopic (exact) mass is 701 g/mol. The predicted molar refractivity (Wildman–Crippen MR) is 188 cm³/mol. The molecule has 0 unspecified atom stereocenters. The molecule has 1 N–H and O–H groups in total. The quantitative estimate of drug-likeness (QED) is 0.282. The van der Waals surface area contributed by atoms with Crippen LogP contribution in [0.1, 0.15) is 84.6 Å². The first-order valence-corrected chi connectivity index (χ1v) is 17.9. The Labute approximate surface area is 295 Å². The average molecular weight is 702 g/mol. The molecular formula is C37H43N5O7S. The Balaban J connectivity index is 1.33. The maximum atomic E-state index is 13.7. The molecule has 0 saturated carbocycles. The number of amides is 3. The number of hydrogen-bond acceptors (Lipinski definition) is 10. The molecule has 0 saturated heterocycles. The van der Waals surface area contributed by atoms with E-state index in [-0.39, 0.29) is 23.5 Å². The van der Waals surface area contributed by atoms with Crippen molar-refractivity contribution < 1.29 is 33.0 Å². The molecule has 2 aliphatic rings. The SMILES string of the molecule is CCc1nc(C)c(C(=O)N2CCCCOc3cc(cc4c3OCCN(C(=O)c3sc(C)nc3C)C4)-c3cc(ccc3OC)C(=O)NCCC2)o1. The van der Waals surface area contributed by atoms with Crippen molar-refractivity contribution in [1.29, 1.82) is 0 Å². The van der Waals surface area contributed by atoms with Crippen LogP contribution in [0.2, 0.25) is 0 Å². The highest BCUT2D eigenvalue weighted by Gasteiger charge is 2.28. The topological polar surface area (TPSA) is 136 Å². The number of aromatic nitrogens is 2. The Hall–Kier alpha value is -4.91. The fourth-order valence-electron chi connectivity index (χ4n) is 6.29. The minimum absolute atomic E-state index is 0.0928. The number of ether oxygens (including phenoxy) is 3. The van der Waals surface area contributed by atoms with Crippen molar-refractivity contribution in [3.8, 4) is 28.4 Å². The van der Waals surface area contributed by atoms with Crippen LogP contribution in [0, 0.1) is 20.8 Å². The van der Waals surface area contributed by atoms with E-state index >= 15 is 0 Å². The molecule has 50 heavy (non-hydrogen) atoms. The Bertz CT molecular complexity index is 1900. The summed E-state index contributed by atoms with van der Waals surface area (Å²) in [7, 11) is 1.59. The number of thiazole rings is 1. The fraction of sp³-hybridized carbons (Fsp3) is 0.432. The lowest BCUT2D eigenvalue weighted by molar-refractivity contribution is 0.0711. The summed E-state index contributed by atoms with van der Waals surface area (Å²) in [6, 6.07) is 9.18. The van der Waals surface area contributed by atoms with Crippen molar-refractivity contribution in [1.82, 2.24) is 25.1 Å². The van der Waals surface area contributed by atoms with Crippen LogP contribution < -0.4 is 19.5 Å². The van der Waals surface area contributed by atoms with Crippen LogP contribution in [0.3, 0.4) is 0 Å². The molecule has 2 aromatic carbocycles. The van der Waals surface area contributed by atoms with Gasteiger partial charge in [-0.1, -0.05) is 6.92 Å². The first kappa shape index (κ1) is 34.9. The number of carbonyl (C=O) groups is 3. The maximum Gasteiger partial charge on any atom is 0.291 e. The molecular weight excluding hydrogens is 659 g/mol. The second kappa shape index (κ2) is 15.3. The van der Waals surface area contributed by atoms with Gasteiger partial charge in [0.05, 0.1) is 36.7 Å². The van der Waals surface area contributed by atoms with Crippen LogP contribution in [-0.2, 0) is 13.0 Å². The first-order chi connectivity index (χ1) is 24.2. The lowest BCUT2D eigenvalue weighted by Crippen LogP contribution is -2.35. The lowest BCUT2D eigenvalue weighted by Gasteiger charge is -2.22. The van der Waals surface area contributed by atoms with E-state index in [2.05, 4.69) is 15.3 Å². The van der Waals surface area contributed by atoms with Crippen LogP contribution >= 0.6 is 11.3 Å². The Morgan fingerprint density at radius 1 is 0.920 bits per heavy atom. The van der Waals surface area contributed by atoms with Gasteiger partial charge in [0.25, 0.3) is 17.7 Å². The molecule has 6 rings (SSSR count). The number of nitrogens with zero attached hydrogens (tertiary/aromatic N) is 4. The van der Waals surface area contributed by atoms with Crippen LogP contribution in [0.5, 0.6) is 17.2 Å². The molecule has 4 bridgehead atoms. The van der Waals surface area contributed by atoms with Crippen molar-refractivity contribution in [3.63, 3.8) is 0 Å². The maximum absolute atomic E-state index is 13.7. The molecule has 0 atom stereocenters. The summed E-state index contributed by atoms with van der Waals surface area (Å²) >= 11 is 1.39. The van der Waals surface area contributed by atoms with Gasteiger partial charge in [0.15, 0.2) is 17.4 Å². The third-order valence-corrected chi connectivity index (χ3v) is 9.91. The van der Waals surface area contributed by atoms with Crippen molar-refractivity contribution in [2.24, 2.45) is 0 Å². The Morgan fingerprint density at radius 2 is 1.74 bits per heavy atom. The molecule has 4 aromatic rings. The molecule has 0 fully saturated rings. The molecule has 0 aliphatic carbocycles. The third-order valence-electron chi connectivity index (χ3n) is 8.85. The number of nitrogens with one attached hydrogen (secondary N) is 1. The molecule has 12 nitrogen and oxygen atoms in total. The van der Waals surface area contributed by atoms with Gasteiger partial charge in [-0.2, -0.15) is 0 Å². The van der Waals surface area contributed by atoms with E-state index in [1.54, 1.807) is 42.0 Å². The zero-order chi connectivity index (χ0) is 35.4. The van der Waals surface area contributed by atoms with Gasteiger partial charge in [-0.3, -0.25) is 14.4 Å². The van der Waals surface area contributed by atoms with E-state index in [1.165, 1.54) is 11.3 Å². The normalized spacial score (nSPS) is 15.6. The van der Waals surface area contributed by atoms with Crippen molar-refractivity contribution >= 4 is 29.1 Å². The van der Waals surface area contributed by atoms with Crippen LogP contribution in [0.15, 0.2) is 34.7 Å². The van der Waals surface area contributed by atoms with E-state index in [9.17, 15) is 14.4 Å². The number of oxazole rings is 1. The number of rotatable bonds is 4. The fourth-order valence-corrected chi connectivity index (χ4v) is 7.18. The first-order valence-electron chi connectivity index (χ1n) is 17.0. The van der Waals surface area contributed by atoms with Crippen LogP contribution in [-0.4, -0.2) is 84.0 Å².